The summed E-state index contributed by atoms with van der Waals surface area (Å²) >= 11 is 6.04. The molecule has 0 radical (unpaired) electrons. The third-order valence-corrected chi connectivity index (χ3v) is 6.54. The summed E-state index contributed by atoms with van der Waals surface area (Å²) in [7, 11) is 3.10. The molecule has 1 fully saturated rings. The number of halogens is 1. The van der Waals surface area contributed by atoms with Crippen molar-refractivity contribution in [2.75, 3.05) is 20.8 Å². The summed E-state index contributed by atoms with van der Waals surface area (Å²) in [5.41, 5.74) is 0.884. The standard InChI is InChI=1S/C27H35ClN2O5/c1-4-25(27(32)29-21-8-6-5-7-9-21)30(17-19-10-12-20(28)13-11-19)26(31)18-35-24-15-22(33-2)14-23(16-24)34-3/h10-16,21,25H,4-9,17-18H2,1-3H3,(H,29,32)/t25-/m1/s1. The minimum absolute atomic E-state index is 0.121. The van der Waals surface area contributed by atoms with Crippen LogP contribution in [0, 0.1) is 0 Å². The number of hydrogen-bond donors (Lipinski definition) is 1. The van der Waals surface area contributed by atoms with Gasteiger partial charge in [0.05, 0.1) is 14.2 Å². The molecule has 1 atom stereocenters. The molecule has 1 aliphatic rings. The number of methoxy groups -OCH3 is 2. The van der Waals surface area contributed by atoms with E-state index in [1.54, 1.807) is 49.5 Å². The van der Waals surface area contributed by atoms with Gasteiger partial charge >= 0.3 is 0 Å². The second kappa shape index (κ2) is 13.2. The number of benzene rings is 2. The molecule has 0 heterocycles. The molecule has 2 aromatic rings. The summed E-state index contributed by atoms with van der Waals surface area (Å²) in [5.74, 6) is 1.16. The van der Waals surface area contributed by atoms with E-state index >= 15 is 0 Å². The van der Waals surface area contributed by atoms with Crippen molar-refractivity contribution in [2.24, 2.45) is 0 Å². The lowest BCUT2D eigenvalue weighted by Gasteiger charge is -2.32. The van der Waals surface area contributed by atoms with Crippen molar-refractivity contribution in [1.29, 1.82) is 0 Å². The van der Waals surface area contributed by atoms with Crippen molar-refractivity contribution in [3.63, 3.8) is 0 Å². The molecule has 0 aromatic heterocycles. The first-order chi connectivity index (χ1) is 16.9. The Bertz CT molecular complexity index is 954. The lowest BCUT2D eigenvalue weighted by atomic mass is 9.95. The smallest absolute Gasteiger partial charge is 0.261 e. The number of nitrogens with one attached hydrogen (secondary N) is 1. The monoisotopic (exact) mass is 502 g/mol. The lowest BCUT2D eigenvalue weighted by Crippen LogP contribution is -2.52. The molecule has 190 valence electrons. The van der Waals surface area contributed by atoms with E-state index in [0.717, 1.165) is 31.2 Å². The number of ether oxygens (including phenoxy) is 3. The maximum Gasteiger partial charge on any atom is 0.261 e. The van der Waals surface area contributed by atoms with Gasteiger partial charge in [-0.1, -0.05) is 49.9 Å². The Balaban J connectivity index is 1.77. The van der Waals surface area contributed by atoms with Crippen LogP contribution in [0.4, 0.5) is 0 Å². The van der Waals surface area contributed by atoms with Gasteiger partial charge in [0.25, 0.3) is 5.91 Å². The van der Waals surface area contributed by atoms with E-state index < -0.39 is 6.04 Å². The van der Waals surface area contributed by atoms with Crippen LogP contribution in [-0.2, 0) is 16.1 Å². The Labute approximate surface area is 212 Å². The fourth-order valence-electron chi connectivity index (χ4n) is 4.34. The van der Waals surface area contributed by atoms with Crippen LogP contribution in [0.2, 0.25) is 5.02 Å². The molecule has 1 saturated carbocycles. The van der Waals surface area contributed by atoms with Gasteiger partial charge in [-0.2, -0.15) is 0 Å². The van der Waals surface area contributed by atoms with Crippen LogP contribution in [0.25, 0.3) is 0 Å². The fourth-order valence-corrected chi connectivity index (χ4v) is 4.47. The molecule has 1 N–H and O–H groups in total. The van der Waals surface area contributed by atoms with Gasteiger partial charge in [0.1, 0.15) is 23.3 Å². The predicted octanol–water partition coefficient (Wildman–Crippen LogP) is 4.99. The first kappa shape index (κ1) is 26.7. The number of carbonyl (C=O) groups excluding carboxylic acids is 2. The van der Waals surface area contributed by atoms with Crippen LogP contribution >= 0.6 is 11.6 Å². The van der Waals surface area contributed by atoms with Crippen LogP contribution in [0.1, 0.15) is 51.0 Å². The summed E-state index contributed by atoms with van der Waals surface area (Å²) in [6.07, 6.45) is 5.89. The molecule has 2 aromatic carbocycles. The molecule has 35 heavy (non-hydrogen) atoms. The van der Waals surface area contributed by atoms with Crippen molar-refractivity contribution in [3.05, 3.63) is 53.1 Å². The van der Waals surface area contributed by atoms with Gasteiger partial charge in [0, 0.05) is 35.8 Å². The van der Waals surface area contributed by atoms with Crippen LogP contribution in [0.3, 0.4) is 0 Å². The number of amides is 2. The van der Waals surface area contributed by atoms with Gasteiger partial charge in [0.2, 0.25) is 5.91 Å². The summed E-state index contributed by atoms with van der Waals surface area (Å²) in [4.78, 5) is 28.3. The highest BCUT2D eigenvalue weighted by molar-refractivity contribution is 6.30. The molecule has 3 rings (SSSR count). The molecule has 2 amide bonds. The maximum absolute atomic E-state index is 13.4. The summed E-state index contributed by atoms with van der Waals surface area (Å²) in [5, 5.41) is 3.79. The lowest BCUT2D eigenvalue weighted by molar-refractivity contribution is -0.143. The van der Waals surface area contributed by atoms with Gasteiger partial charge in [-0.3, -0.25) is 9.59 Å². The average molecular weight is 503 g/mol. The second-order valence-electron chi connectivity index (χ2n) is 8.75. The van der Waals surface area contributed by atoms with Crippen molar-refractivity contribution in [1.82, 2.24) is 10.2 Å². The molecular weight excluding hydrogens is 468 g/mol. The van der Waals surface area contributed by atoms with Gasteiger partial charge in [0.15, 0.2) is 6.61 Å². The molecule has 0 unspecified atom stereocenters. The van der Waals surface area contributed by atoms with Crippen molar-refractivity contribution in [2.45, 2.75) is 64.1 Å². The molecule has 8 heteroatoms. The SMILES string of the molecule is CC[C@H](C(=O)NC1CCCCC1)N(Cc1ccc(Cl)cc1)C(=O)COc1cc(OC)cc(OC)c1. The minimum Gasteiger partial charge on any atom is -0.496 e. The molecular formula is C27H35ClN2O5. The molecule has 0 aliphatic heterocycles. The zero-order chi connectivity index (χ0) is 25.2. The van der Waals surface area contributed by atoms with E-state index in [4.69, 9.17) is 25.8 Å². The molecule has 7 nitrogen and oxygen atoms in total. The normalized spacial score (nSPS) is 14.6. The van der Waals surface area contributed by atoms with E-state index in [1.807, 2.05) is 19.1 Å². The number of hydrogen-bond acceptors (Lipinski definition) is 5. The third-order valence-electron chi connectivity index (χ3n) is 6.29. The molecule has 1 aliphatic carbocycles. The van der Waals surface area contributed by atoms with Gasteiger partial charge in [-0.05, 0) is 37.0 Å². The highest BCUT2D eigenvalue weighted by atomic mass is 35.5. The van der Waals surface area contributed by atoms with Crippen LogP contribution in [-0.4, -0.2) is 49.6 Å². The van der Waals surface area contributed by atoms with Gasteiger partial charge in [-0.15, -0.1) is 0 Å². The highest BCUT2D eigenvalue weighted by Crippen LogP contribution is 2.27. The average Bonchev–Trinajstić information content (AvgIpc) is 2.88. The van der Waals surface area contributed by atoms with Gasteiger partial charge < -0.3 is 24.4 Å². The number of rotatable bonds is 11. The minimum atomic E-state index is -0.608. The van der Waals surface area contributed by atoms with Gasteiger partial charge in [-0.25, -0.2) is 0 Å². The summed E-state index contributed by atoms with van der Waals surface area (Å²) in [6.45, 7) is 1.97. The topological polar surface area (TPSA) is 77.1 Å². The maximum atomic E-state index is 13.4. The number of nitrogens with zero attached hydrogens (tertiary/aromatic N) is 1. The van der Waals surface area contributed by atoms with E-state index in [1.165, 1.54) is 6.42 Å². The first-order valence-electron chi connectivity index (χ1n) is 12.1. The number of carbonyl (C=O) groups is 2. The van der Waals surface area contributed by atoms with E-state index in [-0.39, 0.29) is 31.0 Å². The molecule has 0 bridgehead atoms. The largest absolute Gasteiger partial charge is 0.496 e. The zero-order valence-corrected chi connectivity index (χ0v) is 21.5. The molecule has 0 spiro atoms. The van der Waals surface area contributed by atoms with Crippen LogP contribution in [0.5, 0.6) is 17.2 Å². The van der Waals surface area contributed by atoms with E-state index in [0.29, 0.717) is 28.7 Å². The Kier molecular flexibility index (Phi) is 10.1. The Morgan fingerprint density at radius 2 is 1.60 bits per heavy atom. The van der Waals surface area contributed by atoms with Crippen LogP contribution in [0.15, 0.2) is 42.5 Å². The third kappa shape index (κ3) is 7.79. The second-order valence-corrected chi connectivity index (χ2v) is 9.19. The quantitative estimate of drug-likeness (QED) is 0.468. The Morgan fingerprint density at radius 1 is 1.00 bits per heavy atom. The van der Waals surface area contributed by atoms with Crippen molar-refractivity contribution >= 4 is 23.4 Å². The van der Waals surface area contributed by atoms with E-state index in [9.17, 15) is 9.59 Å². The Morgan fingerprint density at radius 3 is 2.17 bits per heavy atom. The highest BCUT2D eigenvalue weighted by Gasteiger charge is 2.30. The summed E-state index contributed by atoms with van der Waals surface area (Å²) in [6, 6.07) is 11.9. The Hall–Kier alpha value is -2.93. The van der Waals surface area contributed by atoms with Crippen molar-refractivity contribution in [3.8, 4) is 17.2 Å². The fraction of sp³-hybridized carbons (Fsp3) is 0.481. The summed E-state index contributed by atoms with van der Waals surface area (Å²) < 4.78 is 16.4. The predicted molar refractivity (Wildman–Crippen MR) is 136 cm³/mol. The zero-order valence-electron chi connectivity index (χ0n) is 20.7. The van der Waals surface area contributed by atoms with Crippen LogP contribution < -0.4 is 19.5 Å². The van der Waals surface area contributed by atoms with E-state index in [2.05, 4.69) is 5.32 Å². The first-order valence-corrected chi connectivity index (χ1v) is 12.5. The van der Waals surface area contributed by atoms with Crippen molar-refractivity contribution < 1.29 is 23.8 Å². The molecule has 0 saturated heterocycles.